The highest BCUT2D eigenvalue weighted by molar-refractivity contribution is 6.00. The number of nitrogen functional groups attached to an aromatic ring is 1. The zero-order valence-corrected chi connectivity index (χ0v) is 17.1. The van der Waals surface area contributed by atoms with Crippen molar-refractivity contribution in [3.8, 4) is 16.9 Å². The van der Waals surface area contributed by atoms with Gasteiger partial charge in [0.2, 0.25) is 0 Å². The van der Waals surface area contributed by atoms with Crippen LogP contribution in [0.3, 0.4) is 0 Å². The second-order valence-electron chi connectivity index (χ2n) is 8.15. The maximum atomic E-state index is 9.65. The Labute approximate surface area is 175 Å². The Balaban J connectivity index is 1.38. The smallest absolute Gasteiger partial charge is 0.146 e. The van der Waals surface area contributed by atoms with Crippen LogP contribution in [-0.4, -0.2) is 81.9 Å². The maximum Gasteiger partial charge on any atom is 0.146 e. The molecule has 0 spiro atoms. The third kappa shape index (κ3) is 3.74. The van der Waals surface area contributed by atoms with E-state index in [-0.39, 0.29) is 5.75 Å². The summed E-state index contributed by atoms with van der Waals surface area (Å²) in [5.41, 5.74) is 9.14. The fourth-order valence-electron chi connectivity index (χ4n) is 4.60. The average molecular weight is 409 g/mol. The predicted molar refractivity (Wildman–Crippen MR) is 116 cm³/mol. The lowest BCUT2D eigenvalue weighted by molar-refractivity contribution is 0.0343. The number of aromatic nitrogens is 3. The first-order valence-electron chi connectivity index (χ1n) is 10.6. The van der Waals surface area contributed by atoms with Gasteiger partial charge in [0.1, 0.15) is 23.5 Å². The summed E-state index contributed by atoms with van der Waals surface area (Å²) in [6.07, 6.45) is 4.78. The molecule has 158 valence electrons. The lowest BCUT2D eigenvalue weighted by Gasteiger charge is -2.28. The molecular weight excluding hydrogens is 380 g/mol. The van der Waals surface area contributed by atoms with Crippen LogP contribution < -0.4 is 5.73 Å². The molecule has 0 bridgehead atoms. The van der Waals surface area contributed by atoms with Crippen LogP contribution in [0.4, 0.5) is 5.82 Å². The molecule has 2 saturated heterocycles. The Kier molecular flexibility index (Phi) is 5.28. The first kappa shape index (κ1) is 19.3. The largest absolute Gasteiger partial charge is 0.508 e. The highest BCUT2D eigenvalue weighted by atomic mass is 16.5. The van der Waals surface area contributed by atoms with Crippen molar-refractivity contribution < 1.29 is 9.84 Å². The number of phenols is 1. The Morgan fingerprint density at radius 1 is 1.03 bits per heavy atom. The van der Waals surface area contributed by atoms with E-state index in [0.29, 0.717) is 11.9 Å². The molecule has 1 aromatic carbocycles. The van der Waals surface area contributed by atoms with Crippen molar-refractivity contribution in [2.45, 2.75) is 12.5 Å². The van der Waals surface area contributed by atoms with E-state index < -0.39 is 0 Å². The molecule has 5 rings (SSSR count). The molecule has 0 aliphatic carbocycles. The number of morpholine rings is 1. The zero-order chi connectivity index (χ0) is 20.5. The molecule has 2 aliphatic heterocycles. The second kappa shape index (κ2) is 8.22. The number of phenolic OH excluding ortho intramolecular Hbond substituents is 1. The highest BCUT2D eigenvalue weighted by Crippen LogP contribution is 2.36. The Morgan fingerprint density at radius 3 is 2.60 bits per heavy atom. The second-order valence-corrected chi connectivity index (χ2v) is 8.15. The van der Waals surface area contributed by atoms with Crippen molar-refractivity contribution in [1.82, 2.24) is 24.3 Å². The fourth-order valence-corrected chi connectivity index (χ4v) is 4.60. The summed E-state index contributed by atoms with van der Waals surface area (Å²) >= 11 is 0. The number of rotatable bonds is 5. The number of nitrogens with two attached hydrogens (primary N) is 1. The van der Waals surface area contributed by atoms with Gasteiger partial charge in [-0.25, -0.2) is 9.97 Å². The Morgan fingerprint density at radius 2 is 1.80 bits per heavy atom. The summed E-state index contributed by atoms with van der Waals surface area (Å²) in [6.45, 7) is 8.03. The van der Waals surface area contributed by atoms with Crippen molar-refractivity contribution >= 4 is 16.9 Å². The highest BCUT2D eigenvalue weighted by Gasteiger charge is 2.27. The number of likely N-dealkylation sites (tertiary alicyclic amines) is 1. The van der Waals surface area contributed by atoms with Crippen molar-refractivity contribution in [3.05, 3.63) is 36.8 Å². The monoisotopic (exact) mass is 408 g/mol. The summed E-state index contributed by atoms with van der Waals surface area (Å²) < 4.78 is 7.72. The number of hydrogen-bond acceptors (Lipinski definition) is 7. The third-order valence-electron chi connectivity index (χ3n) is 6.29. The fraction of sp³-hybridized carbons (Fsp3) is 0.455. The zero-order valence-electron chi connectivity index (χ0n) is 17.1. The van der Waals surface area contributed by atoms with Gasteiger partial charge in [-0.2, -0.15) is 0 Å². The number of fused-ring (bicyclic) bond motifs is 1. The third-order valence-corrected chi connectivity index (χ3v) is 6.29. The molecule has 0 radical (unpaired) electrons. The number of nitrogens with zero attached hydrogens (tertiary/aromatic N) is 5. The van der Waals surface area contributed by atoms with Gasteiger partial charge in [-0.1, -0.05) is 12.1 Å². The molecule has 0 saturated carbocycles. The standard InChI is InChI=1S/C22H28N6O2/c23-21-20-19(16-1-3-18(29)4-2-16)14-28(22(20)25-15-24-21)17-5-6-27(13-17)8-7-26-9-11-30-12-10-26/h1-4,14-15,17,29H,5-13H2,(H2,23,24,25). The summed E-state index contributed by atoms with van der Waals surface area (Å²) in [7, 11) is 0. The van der Waals surface area contributed by atoms with Gasteiger partial charge in [-0.3, -0.25) is 9.80 Å². The van der Waals surface area contributed by atoms with E-state index in [4.69, 9.17) is 10.5 Å². The van der Waals surface area contributed by atoms with Gasteiger partial charge >= 0.3 is 0 Å². The number of hydrogen-bond donors (Lipinski definition) is 2. The van der Waals surface area contributed by atoms with Crippen LogP contribution in [0.25, 0.3) is 22.2 Å². The van der Waals surface area contributed by atoms with Gasteiger partial charge < -0.3 is 20.1 Å². The number of benzene rings is 1. The van der Waals surface area contributed by atoms with E-state index in [9.17, 15) is 5.11 Å². The van der Waals surface area contributed by atoms with Crippen LogP contribution in [-0.2, 0) is 4.74 Å². The van der Waals surface area contributed by atoms with Gasteiger partial charge in [0.25, 0.3) is 0 Å². The van der Waals surface area contributed by atoms with E-state index in [2.05, 4.69) is 30.5 Å². The van der Waals surface area contributed by atoms with E-state index in [0.717, 1.165) is 81.1 Å². The molecule has 2 fully saturated rings. The molecule has 0 amide bonds. The summed E-state index contributed by atoms with van der Waals surface area (Å²) in [6, 6.07) is 7.56. The molecule has 3 aromatic rings. The normalized spacial score (nSPS) is 20.9. The summed E-state index contributed by atoms with van der Waals surface area (Å²) in [5.74, 6) is 0.738. The van der Waals surface area contributed by atoms with Gasteiger partial charge in [0.05, 0.1) is 18.6 Å². The SMILES string of the molecule is Nc1ncnc2c1c(-c1ccc(O)cc1)cn2C1CCN(CCN2CCOCC2)C1. The number of ether oxygens (including phenoxy) is 1. The molecule has 8 nitrogen and oxygen atoms in total. The van der Waals surface area contributed by atoms with E-state index in [1.165, 1.54) is 0 Å². The molecule has 4 heterocycles. The van der Waals surface area contributed by atoms with Gasteiger partial charge in [0, 0.05) is 57.1 Å². The topological polar surface area (TPSA) is 92.7 Å². The Hall–Kier alpha value is -2.68. The van der Waals surface area contributed by atoms with E-state index in [1.807, 2.05) is 12.1 Å². The molecule has 8 heteroatoms. The van der Waals surface area contributed by atoms with Gasteiger partial charge in [-0.15, -0.1) is 0 Å². The molecule has 1 unspecified atom stereocenters. The van der Waals surface area contributed by atoms with Crippen molar-refractivity contribution in [3.63, 3.8) is 0 Å². The molecule has 3 N–H and O–H groups in total. The lowest BCUT2D eigenvalue weighted by Crippen LogP contribution is -2.41. The van der Waals surface area contributed by atoms with Crippen LogP contribution in [0, 0.1) is 0 Å². The van der Waals surface area contributed by atoms with E-state index in [1.54, 1.807) is 18.5 Å². The molecule has 30 heavy (non-hydrogen) atoms. The van der Waals surface area contributed by atoms with Gasteiger partial charge in [-0.05, 0) is 24.1 Å². The van der Waals surface area contributed by atoms with Crippen molar-refractivity contribution in [2.24, 2.45) is 0 Å². The van der Waals surface area contributed by atoms with Gasteiger partial charge in [0.15, 0.2) is 0 Å². The first-order chi connectivity index (χ1) is 14.7. The maximum absolute atomic E-state index is 9.65. The molecule has 1 atom stereocenters. The minimum absolute atomic E-state index is 0.249. The number of aromatic hydroxyl groups is 1. The minimum Gasteiger partial charge on any atom is -0.508 e. The lowest BCUT2D eigenvalue weighted by atomic mass is 10.1. The molecular formula is C22H28N6O2. The minimum atomic E-state index is 0.249. The van der Waals surface area contributed by atoms with Crippen molar-refractivity contribution in [1.29, 1.82) is 0 Å². The van der Waals surface area contributed by atoms with E-state index >= 15 is 0 Å². The average Bonchev–Trinajstić information content (AvgIpc) is 3.39. The molecule has 2 aliphatic rings. The van der Waals surface area contributed by atoms with Crippen LogP contribution in [0.1, 0.15) is 12.5 Å². The van der Waals surface area contributed by atoms with Crippen LogP contribution >= 0.6 is 0 Å². The predicted octanol–water partition coefficient (Wildman–Crippen LogP) is 1.97. The van der Waals surface area contributed by atoms with Crippen molar-refractivity contribution in [2.75, 3.05) is 58.2 Å². The quantitative estimate of drug-likeness (QED) is 0.667. The van der Waals surface area contributed by atoms with Crippen LogP contribution in [0.15, 0.2) is 36.8 Å². The number of anilines is 1. The van der Waals surface area contributed by atoms with Crippen LogP contribution in [0.2, 0.25) is 0 Å². The molecule has 2 aromatic heterocycles. The summed E-state index contributed by atoms with van der Waals surface area (Å²) in [5, 5.41) is 10.5. The summed E-state index contributed by atoms with van der Waals surface area (Å²) in [4.78, 5) is 13.8. The Bertz CT molecular complexity index is 1010. The van der Waals surface area contributed by atoms with Crippen LogP contribution in [0.5, 0.6) is 5.75 Å². The first-order valence-corrected chi connectivity index (χ1v) is 10.6.